The van der Waals surface area contributed by atoms with Crippen molar-refractivity contribution in [2.24, 2.45) is 0 Å². The third-order valence-electron chi connectivity index (χ3n) is 8.23. The molecule has 0 atom stereocenters. The van der Waals surface area contributed by atoms with Crippen molar-refractivity contribution in [2.45, 2.75) is 79.1 Å². The lowest BCUT2D eigenvalue weighted by atomic mass is 10.2. The molecule has 1 aliphatic rings. The molecule has 354 valence electrons. The third-order valence-corrected chi connectivity index (χ3v) is 8.23. The Morgan fingerprint density at radius 1 is 0.443 bits per heavy atom. The fourth-order valence-corrected chi connectivity index (χ4v) is 5.63. The first-order chi connectivity index (χ1) is 28.7. The molecule has 0 unspecified atom stereocenters. The van der Waals surface area contributed by atoms with E-state index >= 15 is 0 Å². The van der Waals surface area contributed by atoms with Gasteiger partial charge in [0.1, 0.15) is 23.4 Å². The van der Waals surface area contributed by atoms with Crippen LogP contribution in [0.1, 0.15) is 62.3 Å². The fourth-order valence-electron chi connectivity index (χ4n) is 5.63. The van der Waals surface area contributed by atoms with Crippen LogP contribution in [-0.4, -0.2) is 225 Å². The summed E-state index contributed by atoms with van der Waals surface area (Å²) < 4.78 is 49.5. The predicted octanol–water partition coefficient (Wildman–Crippen LogP) is 1.08. The maximum atomic E-state index is 13.2. The van der Waals surface area contributed by atoms with E-state index in [9.17, 15) is 19.2 Å². The second kappa shape index (κ2) is 31.8. The molecule has 61 heavy (non-hydrogen) atoms. The zero-order valence-electron chi connectivity index (χ0n) is 38.9. The Bertz CT molecular complexity index is 1220. The normalized spacial score (nSPS) is 15.9. The SMILES string of the molecule is C#CCOCCOCCOCCOCCOCCOCCNC(=O)CN1CCN(CC(=O)OC(C)(C)C)CCN(CC(=O)OC(C)(C)C)CCN(CC(=O)OC(C)(C)C)CC1. The largest absolute Gasteiger partial charge is 0.459 e. The van der Waals surface area contributed by atoms with Crippen LogP contribution in [0.3, 0.4) is 0 Å². The van der Waals surface area contributed by atoms with E-state index in [1.165, 1.54) is 0 Å². The maximum absolute atomic E-state index is 13.2. The highest BCUT2D eigenvalue weighted by molar-refractivity contribution is 5.78. The van der Waals surface area contributed by atoms with Gasteiger partial charge < -0.3 is 47.9 Å². The summed E-state index contributed by atoms with van der Waals surface area (Å²) in [7, 11) is 0. The van der Waals surface area contributed by atoms with Gasteiger partial charge in [-0.25, -0.2) is 0 Å². The van der Waals surface area contributed by atoms with Crippen molar-refractivity contribution < 1.29 is 61.8 Å². The van der Waals surface area contributed by atoms with Crippen molar-refractivity contribution >= 4 is 23.8 Å². The molecule has 0 aliphatic carbocycles. The number of ether oxygens (including phenoxy) is 9. The Morgan fingerprint density at radius 2 is 0.705 bits per heavy atom. The van der Waals surface area contributed by atoms with E-state index in [-0.39, 0.29) is 56.6 Å². The molecular formula is C43H79N5O13. The van der Waals surface area contributed by atoms with E-state index in [2.05, 4.69) is 11.2 Å². The number of terminal acetylenes is 1. The summed E-state index contributed by atoms with van der Waals surface area (Å²) in [6, 6.07) is 0. The van der Waals surface area contributed by atoms with Crippen molar-refractivity contribution in [1.29, 1.82) is 0 Å². The minimum Gasteiger partial charge on any atom is -0.459 e. The molecule has 0 aromatic rings. The summed E-state index contributed by atoms with van der Waals surface area (Å²) in [4.78, 5) is 60.0. The van der Waals surface area contributed by atoms with Gasteiger partial charge in [0, 0.05) is 58.9 Å². The minimum absolute atomic E-state index is 0.0499. The molecule has 18 nitrogen and oxygen atoms in total. The molecule has 1 saturated heterocycles. The summed E-state index contributed by atoms with van der Waals surface area (Å²) in [5, 5.41) is 2.93. The van der Waals surface area contributed by atoms with Gasteiger partial charge in [-0.05, 0) is 62.3 Å². The highest BCUT2D eigenvalue weighted by Crippen LogP contribution is 2.11. The van der Waals surface area contributed by atoms with Gasteiger partial charge in [-0.15, -0.1) is 6.42 Å². The van der Waals surface area contributed by atoms with Crippen molar-refractivity contribution in [3.8, 4) is 12.3 Å². The van der Waals surface area contributed by atoms with Crippen LogP contribution in [0.5, 0.6) is 0 Å². The third kappa shape index (κ3) is 35.2. The summed E-state index contributed by atoms with van der Waals surface area (Å²) in [6.45, 7) is 25.7. The summed E-state index contributed by atoms with van der Waals surface area (Å²) in [6.07, 6.45) is 5.11. The van der Waals surface area contributed by atoms with Crippen LogP contribution in [0.4, 0.5) is 0 Å². The highest BCUT2D eigenvalue weighted by atomic mass is 16.6. The Labute approximate surface area is 365 Å². The van der Waals surface area contributed by atoms with Gasteiger partial charge in [0.05, 0.1) is 98.9 Å². The quantitative estimate of drug-likeness (QED) is 0.0537. The second-order valence-corrected chi connectivity index (χ2v) is 17.5. The Balaban J connectivity index is 2.66. The molecule has 1 amide bonds. The molecule has 0 aromatic heterocycles. The molecule has 0 aromatic carbocycles. The molecule has 1 N–H and O–H groups in total. The van der Waals surface area contributed by atoms with Crippen LogP contribution in [-0.2, 0) is 61.8 Å². The summed E-state index contributed by atoms with van der Waals surface area (Å²) in [5.41, 5.74) is -1.93. The van der Waals surface area contributed by atoms with E-state index < -0.39 is 16.8 Å². The van der Waals surface area contributed by atoms with Crippen LogP contribution in [0.15, 0.2) is 0 Å². The molecule has 1 rings (SSSR count). The minimum atomic E-state index is -0.646. The molecule has 0 saturated carbocycles. The number of hydrogen-bond donors (Lipinski definition) is 1. The number of carbonyl (C=O) groups is 4. The summed E-state index contributed by atoms with van der Waals surface area (Å²) >= 11 is 0. The lowest BCUT2D eigenvalue weighted by Gasteiger charge is -2.34. The van der Waals surface area contributed by atoms with Gasteiger partial charge in [-0.1, -0.05) is 5.92 Å². The predicted molar refractivity (Wildman–Crippen MR) is 230 cm³/mol. The van der Waals surface area contributed by atoms with Crippen LogP contribution in [0, 0.1) is 12.3 Å². The zero-order chi connectivity index (χ0) is 45.6. The standard InChI is InChI=1S/C43H79N5O13/c1-11-21-53-23-25-55-27-29-57-31-32-58-30-28-56-26-24-54-22-12-44-37(49)33-45-13-15-46(34-38(50)59-41(2,3)4)17-19-48(36-40(52)61-43(8,9)10)20-18-47(16-14-45)35-39(51)60-42(5,6)7/h1H,12-36H2,2-10H3,(H,44,49). The van der Waals surface area contributed by atoms with Gasteiger partial charge in [0.15, 0.2) is 0 Å². The molecule has 0 bridgehead atoms. The van der Waals surface area contributed by atoms with Crippen molar-refractivity contribution in [1.82, 2.24) is 24.9 Å². The number of amides is 1. The number of esters is 3. The van der Waals surface area contributed by atoms with E-state index in [4.69, 9.17) is 49.1 Å². The van der Waals surface area contributed by atoms with E-state index in [0.29, 0.717) is 132 Å². The van der Waals surface area contributed by atoms with Gasteiger partial charge in [-0.2, -0.15) is 0 Å². The van der Waals surface area contributed by atoms with E-state index in [1.807, 2.05) is 81.9 Å². The lowest BCUT2D eigenvalue weighted by Crippen LogP contribution is -2.50. The number of hydrogen-bond acceptors (Lipinski definition) is 17. The Kier molecular flexibility index (Phi) is 29.2. The van der Waals surface area contributed by atoms with Gasteiger partial charge >= 0.3 is 17.9 Å². The number of carbonyl (C=O) groups excluding carboxylic acids is 4. The fraction of sp³-hybridized carbons (Fsp3) is 0.860. The highest BCUT2D eigenvalue weighted by Gasteiger charge is 2.26. The van der Waals surface area contributed by atoms with Gasteiger partial charge in [0.2, 0.25) is 5.91 Å². The first-order valence-corrected chi connectivity index (χ1v) is 21.5. The van der Waals surface area contributed by atoms with Crippen LogP contribution < -0.4 is 5.32 Å². The van der Waals surface area contributed by atoms with Crippen LogP contribution >= 0.6 is 0 Å². The lowest BCUT2D eigenvalue weighted by molar-refractivity contribution is -0.158. The zero-order valence-corrected chi connectivity index (χ0v) is 38.9. The molecule has 18 heteroatoms. The topological polar surface area (TPSA) is 176 Å². The van der Waals surface area contributed by atoms with Crippen molar-refractivity contribution in [3.63, 3.8) is 0 Å². The molecule has 1 fully saturated rings. The van der Waals surface area contributed by atoms with E-state index in [1.54, 1.807) is 0 Å². The second-order valence-electron chi connectivity index (χ2n) is 17.5. The maximum Gasteiger partial charge on any atom is 0.320 e. The average molecular weight is 874 g/mol. The molecule has 0 radical (unpaired) electrons. The molecule has 0 spiro atoms. The number of rotatable bonds is 27. The monoisotopic (exact) mass is 874 g/mol. The number of nitrogens with zero attached hydrogens (tertiary/aromatic N) is 4. The Hall–Kier alpha value is -2.96. The van der Waals surface area contributed by atoms with Crippen LogP contribution in [0.2, 0.25) is 0 Å². The van der Waals surface area contributed by atoms with Crippen molar-refractivity contribution in [3.05, 3.63) is 0 Å². The van der Waals surface area contributed by atoms with Crippen molar-refractivity contribution in [2.75, 3.05) is 164 Å². The Morgan fingerprint density at radius 3 is 0.984 bits per heavy atom. The molecular weight excluding hydrogens is 794 g/mol. The van der Waals surface area contributed by atoms with Gasteiger partial charge in [-0.3, -0.25) is 38.8 Å². The summed E-state index contributed by atoms with van der Waals surface area (Å²) in [5.74, 6) is 1.15. The number of nitrogens with one attached hydrogen (secondary N) is 1. The first-order valence-electron chi connectivity index (χ1n) is 21.5. The van der Waals surface area contributed by atoms with E-state index in [0.717, 1.165) is 0 Å². The average Bonchev–Trinajstić information content (AvgIpc) is 3.12. The van der Waals surface area contributed by atoms with Crippen LogP contribution in [0.25, 0.3) is 0 Å². The molecule has 1 aliphatic heterocycles. The van der Waals surface area contributed by atoms with Gasteiger partial charge in [0.25, 0.3) is 0 Å². The smallest absolute Gasteiger partial charge is 0.320 e. The molecule has 1 heterocycles. The first kappa shape index (κ1) is 56.1.